The second-order valence-corrected chi connectivity index (χ2v) is 5.98. The molecule has 1 aliphatic heterocycles. The molecule has 2 N–H and O–H groups in total. The Morgan fingerprint density at radius 3 is 2.70 bits per heavy atom. The highest BCUT2D eigenvalue weighted by atomic mass is 35.5. The lowest BCUT2D eigenvalue weighted by Gasteiger charge is -2.36. The van der Waals surface area contributed by atoms with Crippen LogP contribution in [0.4, 0.5) is 0 Å². The number of piperidine rings is 1. The van der Waals surface area contributed by atoms with Crippen molar-refractivity contribution >= 4 is 41.5 Å². The summed E-state index contributed by atoms with van der Waals surface area (Å²) in [5.41, 5.74) is 0.430. The van der Waals surface area contributed by atoms with Gasteiger partial charge in [-0.25, -0.2) is 0 Å². The molecule has 1 amide bonds. The lowest BCUT2D eigenvalue weighted by molar-refractivity contribution is 0.0898. The third-order valence-electron chi connectivity index (χ3n) is 3.69. The Bertz CT molecular complexity index is 471. The first kappa shape index (κ1) is 17.6. The van der Waals surface area contributed by atoms with Gasteiger partial charge in [-0.05, 0) is 44.0 Å². The van der Waals surface area contributed by atoms with Crippen molar-refractivity contribution in [3.63, 3.8) is 0 Å². The smallest absolute Gasteiger partial charge is 0.253 e. The first-order chi connectivity index (χ1) is 8.99. The van der Waals surface area contributed by atoms with Crippen molar-refractivity contribution in [2.24, 2.45) is 5.92 Å². The zero-order valence-corrected chi connectivity index (χ0v) is 13.8. The van der Waals surface area contributed by atoms with Gasteiger partial charge in [-0.1, -0.05) is 30.1 Å². The average Bonchev–Trinajstić information content (AvgIpc) is 2.37. The van der Waals surface area contributed by atoms with Gasteiger partial charge >= 0.3 is 0 Å². The summed E-state index contributed by atoms with van der Waals surface area (Å²) in [6.45, 7) is 5.23. The molecular weight excluding hydrogens is 319 g/mol. The largest absolute Gasteiger partial charge is 0.347 e. The Hall–Kier alpha value is -0.480. The second kappa shape index (κ2) is 7.51. The standard InChI is InChI=1S/C14H18Cl2N2O.ClH/c1-8-5-6-17-9(2)13(8)18-14(19)11-7-10(15)3-4-12(11)16;/h3-4,7-9,13,17H,5-6H2,1-2H3,(H,18,19);1H. The summed E-state index contributed by atoms with van der Waals surface area (Å²) in [5, 5.41) is 7.36. The quantitative estimate of drug-likeness (QED) is 0.867. The molecule has 1 heterocycles. The summed E-state index contributed by atoms with van der Waals surface area (Å²) in [5.74, 6) is 0.276. The summed E-state index contributed by atoms with van der Waals surface area (Å²) in [6, 6.07) is 5.28. The topological polar surface area (TPSA) is 41.1 Å². The lowest BCUT2D eigenvalue weighted by atomic mass is 9.89. The maximum atomic E-state index is 12.3. The monoisotopic (exact) mass is 336 g/mol. The third kappa shape index (κ3) is 4.01. The fourth-order valence-electron chi connectivity index (χ4n) is 2.51. The van der Waals surface area contributed by atoms with Crippen molar-refractivity contribution in [1.29, 1.82) is 0 Å². The van der Waals surface area contributed by atoms with E-state index in [4.69, 9.17) is 23.2 Å². The van der Waals surface area contributed by atoms with Crippen molar-refractivity contribution in [3.05, 3.63) is 33.8 Å². The zero-order chi connectivity index (χ0) is 14.0. The Balaban J connectivity index is 0.00000200. The van der Waals surface area contributed by atoms with E-state index in [9.17, 15) is 4.79 Å². The highest BCUT2D eigenvalue weighted by molar-refractivity contribution is 6.35. The number of rotatable bonds is 2. The van der Waals surface area contributed by atoms with Gasteiger partial charge < -0.3 is 10.6 Å². The SMILES string of the molecule is CC1CCNC(C)C1NC(=O)c1cc(Cl)ccc1Cl.Cl. The van der Waals surface area contributed by atoms with Crippen LogP contribution in [0.2, 0.25) is 10.0 Å². The van der Waals surface area contributed by atoms with Gasteiger partial charge in [0.1, 0.15) is 0 Å². The van der Waals surface area contributed by atoms with Gasteiger partial charge in [0.15, 0.2) is 0 Å². The minimum Gasteiger partial charge on any atom is -0.347 e. The summed E-state index contributed by atoms with van der Waals surface area (Å²) in [4.78, 5) is 12.3. The van der Waals surface area contributed by atoms with E-state index in [1.54, 1.807) is 18.2 Å². The van der Waals surface area contributed by atoms with Gasteiger partial charge in [0.05, 0.1) is 10.6 Å². The fraction of sp³-hybridized carbons (Fsp3) is 0.500. The molecule has 20 heavy (non-hydrogen) atoms. The van der Waals surface area contributed by atoms with E-state index in [1.165, 1.54) is 0 Å². The van der Waals surface area contributed by atoms with E-state index < -0.39 is 0 Å². The Kier molecular flexibility index (Phi) is 6.59. The molecule has 1 fully saturated rings. The highest BCUT2D eigenvalue weighted by Crippen LogP contribution is 2.22. The van der Waals surface area contributed by atoms with Gasteiger partial charge in [-0.2, -0.15) is 0 Å². The molecule has 2 rings (SSSR count). The molecule has 1 aliphatic rings. The Labute approximate surface area is 135 Å². The predicted octanol–water partition coefficient (Wildman–Crippen LogP) is 3.53. The number of nitrogens with one attached hydrogen (secondary N) is 2. The molecule has 3 nitrogen and oxygen atoms in total. The molecular formula is C14H19Cl3N2O. The zero-order valence-electron chi connectivity index (χ0n) is 11.5. The van der Waals surface area contributed by atoms with Crippen molar-refractivity contribution in [3.8, 4) is 0 Å². The maximum absolute atomic E-state index is 12.3. The van der Waals surface area contributed by atoms with Crippen LogP contribution in [-0.4, -0.2) is 24.5 Å². The molecule has 3 atom stereocenters. The van der Waals surface area contributed by atoms with Gasteiger partial charge in [0, 0.05) is 17.1 Å². The van der Waals surface area contributed by atoms with Crippen LogP contribution in [0, 0.1) is 5.92 Å². The van der Waals surface area contributed by atoms with Gasteiger partial charge in [0.25, 0.3) is 5.91 Å². The molecule has 0 spiro atoms. The van der Waals surface area contributed by atoms with Crippen LogP contribution in [0.25, 0.3) is 0 Å². The third-order valence-corrected chi connectivity index (χ3v) is 4.25. The number of carbonyl (C=O) groups excluding carboxylic acids is 1. The normalized spacial score (nSPS) is 25.7. The molecule has 0 saturated carbocycles. The van der Waals surface area contributed by atoms with Gasteiger partial charge in [-0.3, -0.25) is 4.79 Å². The molecule has 112 valence electrons. The summed E-state index contributed by atoms with van der Waals surface area (Å²) in [6.07, 6.45) is 1.05. The van der Waals surface area contributed by atoms with Crippen LogP contribution in [0.3, 0.4) is 0 Å². The van der Waals surface area contributed by atoms with Crippen molar-refractivity contribution in [2.45, 2.75) is 32.4 Å². The van der Waals surface area contributed by atoms with E-state index >= 15 is 0 Å². The van der Waals surface area contributed by atoms with Crippen LogP contribution in [-0.2, 0) is 0 Å². The van der Waals surface area contributed by atoms with Gasteiger partial charge in [-0.15, -0.1) is 12.4 Å². The van der Waals surface area contributed by atoms with Crippen molar-refractivity contribution < 1.29 is 4.79 Å². The van der Waals surface area contributed by atoms with E-state index in [1.807, 2.05) is 0 Å². The molecule has 0 aliphatic carbocycles. The first-order valence-corrected chi connectivity index (χ1v) is 7.24. The second-order valence-electron chi connectivity index (χ2n) is 5.13. The van der Waals surface area contributed by atoms with Crippen LogP contribution in [0.1, 0.15) is 30.6 Å². The first-order valence-electron chi connectivity index (χ1n) is 6.48. The van der Waals surface area contributed by atoms with Crippen LogP contribution >= 0.6 is 35.6 Å². The predicted molar refractivity (Wildman–Crippen MR) is 86.2 cm³/mol. The minimum atomic E-state index is -0.167. The number of halogens is 3. The number of amides is 1. The number of hydrogen-bond acceptors (Lipinski definition) is 2. The summed E-state index contributed by atoms with van der Waals surface area (Å²) >= 11 is 12.0. The van der Waals surface area contributed by atoms with Crippen molar-refractivity contribution in [2.75, 3.05) is 6.54 Å². The Morgan fingerprint density at radius 1 is 1.35 bits per heavy atom. The molecule has 0 radical (unpaired) electrons. The lowest BCUT2D eigenvalue weighted by Crippen LogP contribution is -2.55. The summed E-state index contributed by atoms with van der Waals surface area (Å²) in [7, 11) is 0. The molecule has 1 aromatic rings. The van der Waals surface area contributed by atoms with Crippen LogP contribution in [0.15, 0.2) is 18.2 Å². The molecule has 0 aromatic heterocycles. The van der Waals surface area contributed by atoms with Gasteiger partial charge in [0.2, 0.25) is 0 Å². The van der Waals surface area contributed by atoms with E-state index in [2.05, 4.69) is 24.5 Å². The maximum Gasteiger partial charge on any atom is 0.253 e. The summed E-state index contributed by atoms with van der Waals surface area (Å²) < 4.78 is 0. The Morgan fingerprint density at radius 2 is 2.05 bits per heavy atom. The number of carbonyl (C=O) groups is 1. The van der Waals surface area contributed by atoms with E-state index in [0.29, 0.717) is 21.5 Å². The molecule has 0 bridgehead atoms. The average molecular weight is 338 g/mol. The van der Waals surface area contributed by atoms with E-state index in [0.717, 1.165) is 13.0 Å². The van der Waals surface area contributed by atoms with Crippen LogP contribution < -0.4 is 10.6 Å². The minimum absolute atomic E-state index is 0. The highest BCUT2D eigenvalue weighted by Gasteiger charge is 2.29. The molecule has 6 heteroatoms. The van der Waals surface area contributed by atoms with E-state index in [-0.39, 0.29) is 30.4 Å². The molecule has 3 unspecified atom stereocenters. The fourth-order valence-corrected chi connectivity index (χ4v) is 2.88. The molecule has 1 aromatic carbocycles. The van der Waals surface area contributed by atoms with Crippen molar-refractivity contribution in [1.82, 2.24) is 10.6 Å². The number of benzene rings is 1. The number of hydrogen-bond donors (Lipinski definition) is 2. The van der Waals surface area contributed by atoms with Crippen LogP contribution in [0.5, 0.6) is 0 Å². The molecule has 1 saturated heterocycles.